The van der Waals surface area contributed by atoms with E-state index < -0.39 is 0 Å². The SMILES string of the molecule is CNC(c1cccc(F)c1)C(OC)c1ccccc1. The van der Waals surface area contributed by atoms with E-state index in [0.29, 0.717) is 0 Å². The molecule has 2 aromatic carbocycles. The number of rotatable bonds is 5. The van der Waals surface area contributed by atoms with Gasteiger partial charge in [0.05, 0.1) is 6.04 Å². The van der Waals surface area contributed by atoms with Gasteiger partial charge >= 0.3 is 0 Å². The maximum Gasteiger partial charge on any atom is 0.123 e. The molecule has 0 fully saturated rings. The minimum atomic E-state index is -0.235. The lowest BCUT2D eigenvalue weighted by Gasteiger charge is -2.26. The van der Waals surface area contributed by atoms with Crippen molar-refractivity contribution in [2.24, 2.45) is 0 Å². The number of hydrogen-bond donors (Lipinski definition) is 1. The molecular weight excluding hydrogens is 241 g/mol. The van der Waals surface area contributed by atoms with Crippen molar-refractivity contribution in [3.63, 3.8) is 0 Å². The smallest absolute Gasteiger partial charge is 0.123 e. The molecule has 0 aliphatic carbocycles. The van der Waals surface area contributed by atoms with Gasteiger partial charge in [0, 0.05) is 7.11 Å². The van der Waals surface area contributed by atoms with Crippen LogP contribution in [0, 0.1) is 5.82 Å². The van der Waals surface area contributed by atoms with Crippen LogP contribution in [0.15, 0.2) is 54.6 Å². The Labute approximate surface area is 113 Å². The Kier molecular flexibility index (Phi) is 4.66. The second kappa shape index (κ2) is 6.45. The molecule has 0 heterocycles. The molecule has 2 atom stereocenters. The van der Waals surface area contributed by atoms with Crippen LogP contribution in [0.1, 0.15) is 23.3 Å². The highest BCUT2D eigenvalue weighted by Gasteiger charge is 2.23. The van der Waals surface area contributed by atoms with E-state index in [2.05, 4.69) is 5.32 Å². The first-order valence-electron chi connectivity index (χ1n) is 6.26. The Morgan fingerprint density at radius 3 is 2.26 bits per heavy atom. The Morgan fingerprint density at radius 2 is 1.68 bits per heavy atom. The van der Waals surface area contributed by atoms with Gasteiger partial charge in [0.1, 0.15) is 11.9 Å². The van der Waals surface area contributed by atoms with Gasteiger partial charge in [0.25, 0.3) is 0 Å². The van der Waals surface area contributed by atoms with E-state index in [1.165, 1.54) is 12.1 Å². The van der Waals surface area contributed by atoms with Crippen molar-refractivity contribution in [2.75, 3.05) is 14.2 Å². The summed E-state index contributed by atoms with van der Waals surface area (Å²) < 4.78 is 19.0. The number of ether oxygens (including phenoxy) is 1. The topological polar surface area (TPSA) is 21.3 Å². The fourth-order valence-corrected chi connectivity index (χ4v) is 2.30. The fourth-order valence-electron chi connectivity index (χ4n) is 2.30. The molecule has 2 nitrogen and oxygen atoms in total. The zero-order valence-corrected chi connectivity index (χ0v) is 11.1. The molecule has 2 aromatic rings. The molecule has 1 N–H and O–H groups in total. The first-order valence-corrected chi connectivity index (χ1v) is 6.26. The highest BCUT2D eigenvalue weighted by atomic mass is 19.1. The molecule has 0 radical (unpaired) electrons. The highest BCUT2D eigenvalue weighted by molar-refractivity contribution is 5.26. The van der Waals surface area contributed by atoms with E-state index in [0.717, 1.165) is 11.1 Å². The van der Waals surface area contributed by atoms with E-state index in [1.807, 2.05) is 43.4 Å². The Hall–Kier alpha value is -1.71. The minimum absolute atomic E-state index is 0.0944. The zero-order chi connectivity index (χ0) is 13.7. The minimum Gasteiger partial charge on any atom is -0.375 e. The quantitative estimate of drug-likeness (QED) is 0.887. The van der Waals surface area contributed by atoms with Gasteiger partial charge < -0.3 is 10.1 Å². The van der Waals surface area contributed by atoms with Crippen molar-refractivity contribution in [1.82, 2.24) is 5.32 Å². The van der Waals surface area contributed by atoms with Crippen LogP contribution in [0.2, 0.25) is 0 Å². The molecule has 100 valence electrons. The first kappa shape index (κ1) is 13.7. The summed E-state index contributed by atoms with van der Waals surface area (Å²) in [5.74, 6) is -0.235. The number of benzene rings is 2. The van der Waals surface area contributed by atoms with Crippen molar-refractivity contribution in [1.29, 1.82) is 0 Å². The second-order valence-corrected chi connectivity index (χ2v) is 4.39. The van der Waals surface area contributed by atoms with Crippen LogP contribution in [0.3, 0.4) is 0 Å². The van der Waals surface area contributed by atoms with Crippen molar-refractivity contribution in [3.8, 4) is 0 Å². The summed E-state index contributed by atoms with van der Waals surface area (Å²) in [5, 5.41) is 3.20. The predicted molar refractivity (Wildman–Crippen MR) is 74.4 cm³/mol. The summed E-state index contributed by atoms with van der Waals surface area (Å²) in [6.45, 7) is 0. The van der Waals surface area contributed by atoms with E-state index in [1.54, 1.807) is 13.2 Å². The molecule has 0 saturated carbocycles. The average Bonchev–Trinajstić information content (AvgIpc) is 2.45. The molecule has 0 saturated heterocycles. The van der Waals surface area contributed by atoms with Gasteiger partial charge in [-0.25, -0.2) is 4.39 Å². The number of nitrogens with one attached hydrogen (secondary N) is 1. The monoisotopic (exact) mass is 259 g/mol. The van der Waals surface area contributed by atoms with Crippen LogP contribution < -0.4 is 5.32 Å². The maximum absolute atomic E-state index is 13.4. The fraction of sp³-hybridized carbons (Fsp3) is 0.250. The van der Waals surface area contributed by atoms with Crippen LogP contribution in [-0.2, 0) is 4.74 Å². The molecule has 0 bridgehead atoms. The lowest BCUT2D eigenvalue weighted by Crippen LogP contribution is -2.25. The number of likely N-dealkylation sites (N-methyl/N-ethyl adjacent to an activating group) is 1. The van der Waals surface area contributed by atoms with Crippen molar-refractivity contribution < 1.29 is 9.13 Å². The molecule has 19 heavy (non-hydrogen) atoms. The number of hydrogen-bond acceptors (Lipinski definition) is 2. The number of methoxy groups -OCH3 is 1. The van der Waals surface area contributed by atoms with E-state index in [4.69, 9.17) is 4.74 Å². The highest BCUT2D eigenvalue weighted by Crippen LogP contribution is 2.31. The van der Waals surface area contributed by atoms with Crippen LogP contribution in [-0.4, -0.2) is 14.2 Å². The normalized spacial score (nSPS) is 14.1. The molecule has 3 heteroatoms. The van der Waals surface area contributed by atoms with Gasteiger partial charge in [0.2, 0.25) is 0 Å². The summed E-state index contributed by atoms with van der Waals surface area (Å²) >= 11 is 0. The second-order valence-electron chi connectivity index (χ2n) is 4.39. The third kappa shape index (κ3) is 3.19. The van der Waals surface area contributed by atoms with Gasteiger partial charge in [-0.3, -0.25) is 0 Å². The van der Waals surface area contributed by atoms with Gasteiger partial charge in [-0.2, -0.15) is 0 Å². The van der Waals surface area contributed by atoms with Crippen LogP contribution in [0.25, 0.3) is 0 Å². The van der Waals surface area contributed by atoms with Crippen molar-refractivity contribution in [3.05, 3.63) is 71.5 Å². The molecule has 2 unspecified atom stereocenters. The van der Waals surface area contributed by atoms with Crippen LogP contribution in [0.4, 0.5) is 4.39 Å². The average molecular weight is 259 g/mol. The lowest BCUT2D eigenvalue weighted by atomic mass is 9.95. The van der Waals surface area contributed by atoms with E-state index >= 15 is 0 Å². The lowest BCUT2D eigenvalue weighted by molar-refractivity contribution is 0.0701. The Balaban J connectivity index is 2.34. The van der Waals surface area contributed by atoms with Crippen LogP contribution >= 0.6 is 0 Å². The third-order valence-corrected chi connectivity index (χ3v) is 3.20. The Morgan fingerprint density at radius 1 is 1.00 bits per heavy atom. The van der Waals surface area contributed by atoms with Crippen molar-refractivity contribution in [2.45, 2.75) is 12.1 Å². The number of halogens is 1. The Bertz CT molecular complexity index is 515. The standard InChI is InChI=1S/C16H18FNO/c1-18-15(13-9-6-10-14(17)11-13)16(19-2)12-7-4-3-5-8-12/h3-11,15-16,18H,1-2H3. The first-order chi connectivity index (χ1) is 9.26. The molecule has 0 aliphatic rings. The summed E-state index contributed by atoms with van der Waals surface area (Å²) in [5.41, 5.74) is 1.94. The van der Waals surface area contributed by atoms with Crippen molar-refractivity contribution >= 4 is 0 Å². The molecule has 0 aromatic heterocycles. The van der Waals surface area contributed by atoms with E-state index in [9.17, 15) is 4.39 Å². The summed E-state index contributed by atoms with van der Waals surface area (Å²) in [4.78, 5) is 0. The maximum atomic E-state index is 13.4. The van der Waals surface area contributed by atoms with E-state index in [-0.39, 0.29) is 18.0 Å². The van der Waals surface area contributed by atoms with Crippen LogP contribution in [0.5, 0.6) is 0 Å². The van der Waals surface area contributed by atoms with Gasteiger partial charge in [-0.1, -0.05) is 42.5 Å². The van der Waals surface area contributed by atoms with Gasteiger partial charge in [-0.15, -0.1) is 0 Å². The van der Waals surface area contributed by atoms with Gasteiger partial charge in [0.15, 0.2) is 0 Å². The molecule has 2 rings (SSSR count). The largest absolute Gasteiger partial charge is 0.375 e. The predicted octanol–water partition coefficient (Wildman–Crippen LogP) is 3.47. The zero-order valence-electron chi connectivity index (χ0n) is 11.1. The molecule has 0 amide bonds. The summed E-state index contributed by atoms with van der Waals surface area (Å²) in [6, 6.07) is 16.4. The third-order valence-electron chi connectivity index (χ3n) is 3.20. The molecule has 0 aliphatic heterocycles. The summed E-state index contributed by atoms with van der Waals surface area (Å²) in [6.07, 6.45) is -0.159. The van der Waals surface area contributed by atoms with Gasteiger partial charge in [-0.05, 0) is 30.3 Å². The molecular formula is C16H18FNO. The summed E-state index contributed by atoms with van der Waals surface area (Å²) in [7, 11) is 3.52. The molecule has 0 spiro atoms.